The van der Waals surface area contributed by atoms with E-state index in [2.05, 4.69) is 17.2 Å². The molecule has 2 amide bonds. The van der Waals surface area contributed by atoms with Crippen LogP contribution < -0.4 is 10.2 Å². The van der Waals surface area contributed by atoms with Gasteiger partial charge in [-0.15, -0.1) is 11.3 Å². The van der Waals surface area contributed by atoms with Crippen LogP contribution >= 0.6 is 11.3 Å². The fourth-order valence-electron chi connectivity index (χ4n) is 3.09. The third kappa shape index (κ3) is 5.56. The fourth-order valence-corrected chi connectivity index (χ4v) is 3.90. The van der Waals surface area contributed by atoms with Crippen LogP contribution in [0.3, 0.4) is 0 Å². The molecule has 1 atom stereocenters. The lowest BCUT2D eigenvalue weighted by Gasteiger charge is -2.29. The van der Waals surface area contributed by atoms with Gasteiger partial charge in [0, 0.05) is 17.1 Å². The molecule has 164 valence electrons. The molecule has 3 aromatic rings. The smallest absolute Gasteiger partial charge is 0.350 e. The Bertz CT molecular complexity index is 1130. The molecule has 0 radical (unpaired) electrons. The molecule has 2 aromatic carbocycles. The van der Waals surface area contributed by atoms with Crippen LogP contribution in [0.1, 0.15) is 29.0 Å². The standard InChI is InChI=1S/C24H19F3N2O2S/c1-2-8-21(30)29(19-12-6-11-18(15-19)24(25,26)27)22(20-13-7-14-32-20)23(31)28-16-17-9-4-3-5-10-17/h3-7,9-15,22H,16H2,1H3,(H,28,31). The zero-order valence-corrected chi connectivity index (χ0v) is 17.8. The van der Waals surface area contributed by atoms with Gasteiger partial charge in [0.15, 0.2) is 6.04 Å². The normalized spacial score (nSPS) is 11.8. The Hall–Kier alpha value is -3.57. The van der Waals surface area contributed by atoms with Gasteiger partial charge in [0.25, 0.3) is 0 Å². The number of nitrogens with zero attached hydrogens (tertiary/aromatic N) is 1. The predicted octanol–water partition coefficient (Wildman–Crippen LogP) is 5.18. The van der Waals surface area contributed by atoms with Crippen LogP contribution in [0, 0.1) is 11.8 Å². The fraction of sp³-hybridized carbons (Fsp3) is 0.167. The second-order valence-electron chi connectivity index (χ2n) is 6.72. The number of halogens is 3. The van der Waals surface area contributed by atoms with E-state index >= 15 is 0 Å². The van der Waals surface area contributed by atoms with Gasteiger partial charge >= 0.3 is 12.1 Å². The third-order valence-corrected chi connectivity index (χ3v) is 5.46. The molecule has 1 N–H and O–H groups in total. The number of thiophene rings is 1. The molecule has 0 bridgehead atoms. The zero-order chi connectivity index (χ0) is 23.1. The number of nitrogens with one attached hydrogen (secondary N) is 1. The number of hydrogen-bond acceptors (Lipinski definition) is 3. The van der Waals surface area contributed by atoms with Crippen molar-refractivity contribution in [1.82, 2.24) is 5.32 Å². The average Bonchev–Trinajstić information content (AvgIpc) is 3.30. The molecule has 0 fully saturated rings. The average molecular weight is 456 g/mol. The van der Waals surface area contributed by atoms with Crippen LogP contribution in [-0.2, 0) is 22.3 Å². The molecular formula is C24H19F3N2O2S. The summed E-state index contributed by atoms with van der Waals surface area (Å²) in [5, 5.41) is 4.51. The summed E-state index contributed by atoms with van der Waals surface area (Å²) in [5.74, 6) is 3.52. The highest BCUT2D eigenvalue weighted by Crippen LogP contribution is 2.35. The van der Waals surface area contributed by atoms with Crippen molar-refractivity contribution in [3.63, 3.8) is 0 Å². The van der Waals surface area contributed by atoms with E-state index in [1.807, 2.05) is 30.3 Å². The van der Waals surface area contributed by atoms with Crippen LogP contribution in [-0.4, -0.2) is 11.8 Å². The van der Waals surface area contributed by atoms with E-state index in [-0.39, 0.29) is 12.2 Å². The molecule has 1 unspecified atom stereocenters. The minimum Gasteiger partial charge on any atom is -0.350 e. The summed E-state index contributed by atoms with van der Waals surface area (Å²) < 4.78 is 39.9. The van der Waals surface area contributed by atoms with Crippen molar-refractivity contribution in [3.05, 3.63) is 88.1 Å². The molecule has 1 aromatic heterocycles. The van der Waals surface area contributed by atoms with E-state index in [0.717, 1.165) is 22.6 Å². The van der Waals surface area contributed by atoms with Crippen LogP contribution in [0.4, 0.5) is 18.9 Å². The Kier molecular flexibility index (Phi) is 7.33. The highest BCUT2D eigenvalue weighted by atomic mass is 32.1. The summed E-state index contributed by atoms with van der Waals surface area (Å²) in [5.41, 5.74) is -0.149. The van der Waals surface area contributed by atoms with Crippen LogP contribution in [0.25, 0.3) is 0 Å². The number of amides is 2. The summed E-state index contributed by atoms with van der Waals surface area (Å²) in [6, 6.07) is 15.7. The minimum atomic E-state index is -4.60. The van der Waals surface area contributed by atoms with Gasteiger partial charge in [-0.1, -0.05) is 48.4 Å². The molecule has 0 aliphatic heterocycles. The van der Waals surface area contributed by atoms with E-state index in [1.165, 1.54) is 30.4 Å². The summed E-state index contributed by atoms with van der Waals surface area (Å²) >= 11 is 1.22. The summed E-state index contributed by atoms with van der Waals surface area (Å²) in [6.07, 6.45) is -4.60. The second kappa shape index (κ2) is 10.2. The molecule has 0 saturated carbocycles. The maximum atomic E-state index is 13.3. The molecule has 3 rings (SSSR count). The third-order valence-electron chi connectivity index (χ3n) is 4.53. The quantitative estimate of drug-likeness (QED) is 0.520. The molecule has 4 nitrogen and oxygen atoms in total. The van der Waals surface area contributed by atoms with Crippen LogP contribution in [0.15, 0.2) is 72.1 Å². The van der Waals surface area contributed by atoms with E-state index in [9.17, 15) is 22.8 Å². The lowest BCUT2D eigenvalue weighted by molar-refractivity contribution is -0.137. The number of carbonyl (C=O) groups excluding carboxylic acids is 2. The number of benzene rings is 2. The summed E-state index contributed by atoms with van der Waals surface area (Å²) in [6.45, 7) is 1.64. The van der Waals surface area contributed by atoms with Gasteiger partial charge in [-0.25, -0.2) is 0 Å². The van der Waals surface area contributed by atoms with Gasteiger partial charge in [-0.2, -0.15) is 13.2 Å². The molecule has 0 aliphatic carbocycles. The van der Waals surface area contributed by atoms with E-state index < -0.39 is 29.6 Å². The van der Waals surface area contributed by atoms with E-state index in [0.29, 0.717) is 4.88 Å². The maximum Gasteiger partial charge on any atom is 0.416 e. The number of hydrogen-bond donors (Lipinski definition) is 1. The van der Waals surface area contributed by atoms with Gasteiger partial charge < -0.3 is 5.32 Å². The Labute approximate surface area is 187 Å². The second-order valence-corrected chi connectivity index (χ2v) is 7.70. The first kappa shape index (κ1) is 23.1. The SMILES string of the molecule is CC#CC(=O)N(c1cccc(C(F)(F)F)c1)C(C(=O)NCc1ccccc1)c1cccs1. The highest BCUT2D eigenvalue weighted by molar-refractivity contribution is 7.10. The Morgan fingerprint density at radius 1 is 1.06 bits per heavy atom. The first-order valence-corrected chi connectivity index (χ1v) is 10.5. The number of carbonyl (C=O) groups is 2. The Balaban J connectivity index is 2.03. The Morgan fingerprint density at radius 2 is 1.81 bits per heavy atom. The van der Waals surface area contributed by atoms with Crippen molar-refractivity contribution in [2.24, 2.45) is 0 Å². The van der Waals surface area contributed by atoms with E-state index in [4.69, 9.17) is 0 Å². The first-order valence-electron chi connectivity index (χ1n) is 9.59. The number of rotatable bonds is 6. The maximum absolute atomic E-state index is 13.3. The summed E-state index contributed by atoms with van der Waals surface area (Å²) in [7, 11) is 0. The predicted molar refractivity (Wildman–Crippen MR) is 118 cm³/mol. The molecular weight excluding hydrogens is 437 g/mol. The van der Waals surface area contributed by atoms with Gasteiger partial charge in [0.05, 0.1) is 5.56 Å². The molecule has 8 heteroatoms. The van der Waals surface area contributed by atoms with Crippen LogP contribution in [0.2, 0.25) is 0 Å². The van der Waals surface area contributed by atoms with Crippen molar-refractivity contribution in [2.75, 3.05) is 4.90 Å². The molecule has 1 heterocycles. The van der Waals surface area contributed by atoms with Gasteiger partial charge in [-0.3, -0.25) is 14.5 Å². The minimum absolute atomic E-state index is 0.0687. The lowest BCUT2D eigenvalue weighted by Crippen LogP contribution is -2.43. The highest BCUT2D eigenvalue weighted by Gasteiger charge is 2.35. The largest absolute Gasteiger partial charge is 0.416 e. The van der Waals surface area contributed by atoms with Gasteiger partial charge in [0.1, 0.15) is 0 Å². The van der Waals surface area contributed by atoms with Crippen molar-refractivity contribution < 1.29 is 22.8 Å². The molecule has 0 saturated heterocycles. The van der Waals surface area contributed by atoms with Crippen LogP contribution in [0.5, 0.6) is 0 Å². The summed E-state index contributed by atoms with van der Waals surface area (Å²) in [4.78, 5) is 27.7. The molecule has 0 aliphatic rings. The first-order chi connectivity index (χ1) is 15.3. The molecule has 32 heavy (non-hydrogen) atoms. The van der Waals surface area contributed by atoms with E-state index in [1.54, 1.807) is 17.5 Å². The van der Waals surface area contributed by atoms with Gasteiger partial charge in [-0.05, 0) is 48.1 Å². The Morgan fingerprint density at radius 3 is 2.44 bits per heavy atom. The number of alkyl halides is 3. The zero-order valence-electron chi connectivity index (χ0n) is 17.0. The van der Waals surface area contributed by atoms with Crippen molar-refractivity contribution in [1.29, 1.82) is 0 Å². The lowest BCUT2D eigenvalue weighted by atomic mass is 10.1. The van der Waals surface area contributed by atoms with Crippen molar-refractivity contribution in [2.45, 2.75) is 25.7 Å². The topological polar surface area (TPSA) is 49.4 Å². The molecule has 0 spiro atoms. The monoisotopic (exact) mass is 456 g/mol. The van der Waals surface area contributed by atoms with Crippen molar-refractivity contribution in [3.8, 4) is 11.8 Å². The number of anilines is 1. The van der Waals surface area contributed by atoms with Crippen molar-refractivity contribution >= 4 is 28.8 Å². The van der Waals surface area contributed by atoms with Gasteiger partial charge in [0.2, 0.25) is 5.91 Å².